The highest BCUT2D eigenvalue weighted by molar-refractivity contribution is 5.99. The normalized spacial score (nSPS) is 21.0. The topological polar surface area (TPSA) is 39.3 Å². The van der Waals surface area contributed by atoms with Crippen molar-refractivity contribution < 1.29 is 4.79 Å². The van der Waals surface area contributed by atoms with Gasteiger partial charge in [-0.2, -0.15) is 0 Å². The van der Waals surface area contributed by atoms with E-state index in [1.807, 2.05) is 29.3 Å². The molecule has 2 aliphatic rings. The lowest BCUT2D eigenvalue weighted by molar-refractivity contribution is 0.00213. The van der Waals surface area contributed by atoms with Gasteiger partial charge in [0.15, 0.2) is 0 Å². The number of fused-ring (bicyclic) bond motifs is 1. The predicted molar refractivity (Wildman–Crippen MR) is 113 cm³/mol. The van der Waals surface area contributed by atoms with Crippen LogP contribution in [0.25, 0.3) is 22.0 Å². The number of H-pyrrole nitrogens is 1. The van der Waals surface area contributed by atoms with Gasteiger partial charge in [-0.1, -0.05) is 30.7 Å². The Bertz CT molecular complexity index is 1000. The molecule has 0 unspecified atom stereocenters. The molecule has 0 radical (unpaired) electrons. The van der Waals surface area contributed by atoms with Gasteiger partial charge in [0, 0.05) is 47.8 Å². The minimum atomic E-state index is 0.156. The summed E-state index contributed by atoms with van der Waals surface area (Å²) in [5.41, 5.74) is 4.17. The number of likely N-dealkylation sites (tertiary alicyclic amines) is 2. The zero-order valence-corrected chi connectivity index (χ0v) is 16.4. The Morgan fingerprint density at radius 2 is 1.93 bits per heavy atom. The predicted octanol–water partition coefficient (Wildman–Crippen LogP) is 4.53. The van der Waals surface area contributed by atoms with Crippen LogP contribution in [0.2, 0.25) is 0 Å². The van der Waals surface area contributed by atoms with Gasteiger partial charge >= 0.3 is 0 Å². The van der Waals surface area contributed by atoms with Gasteiger partial charge in [0.25, 0.3) is 5.91 Å². The number of benzene rings is 2. The van der Waals surface area contributed by atoms with E-state index in [0.717, 1.165) is 35.3 Å². The van der Waals surface area contributed by atoms with E-state index in [1.54, 1.807) is 0 Å². The molecule has 1 atom stereocenters. The molecule has 2 fully saturated rings. The molecule has 28 heavy (non-hydrogen) atoms. The third-order valence-corrected chi connectivity index (χ3v) is 6.49. The second kappa shape index (κ2) is 7.10. The summed E-state index contributed by atoms with van der Waals surface area (Å²) in [7, 11) is 0. The molecule has 2 aliphatic heterocycles. The van der Waals surface area contributed by atoms with E-state index >= 15 is 0 Å². The number of nitrogens with zero attached hydrogens (tertiary/aromatic N) is 2. The summed E-state index contributed by atoms with van der Waals surface area (Å²) in [5.74, 6) is 0.156. The van der Waals surface area contributed by atoms with Crippen molar-refractivity contribution in [1.82, 2.24) is 14.8 Å². The summed E-state index contributed by atoms with van der Waals surface area (Å²) in [6, 6.07) is 17.6. The number of piperidine rings is 1. The van der Waals surface area contributed by atoms with Crippen molar-refractivity contribution in [2.75, 3.05) is 19.6 Å². The summed E-state index contributed by atoms with van der Waals surface area (Å²) >= 11 is 0. The van der Waals surface area contributed by atoms with Crippen LogP contribution in [0.1, 0.15) is 36.5 Å². The molecule has 3 heterocycles. The summed E-state index contributed by atoms with van der Waals surface area (Å²) in [6.45, 7) is 5.24. The first kappa shape index (κ1) is 17.5. The van der Waals surface area contributed by atoms with E-state index in [9.17, 15) is 4.79 Å². The van der Waals surface area contributed by atoms with Crippen molar-refractivity contribution in [2.24, 2.45) is 0 Å². The first-order chi connectivity index (χ1) is 13.7. The standard InChI is InChI=1S/C24H27N3O/c1-17-6-2-3-13-27(17)20-15-26(16-20)24(28)19-8-4-7-18(14-19)21-9-5-10-23-22(21)11-12-25-23/h4-5,7-12,14,17,20,25H,2-3,6,13,15-16H2,1H3/t17-/m1/s1. The molecule has 0 aliphatic carbocycles. The average molecular weight is 374 g/mol. The van der Waals surface area contributed by atoms with Crippen molar-refractivity contribution in [3.8, 4) is 11.1 Å². The van der Waals surface area contributed by atoms with Gasteiger partial charge in [-0.3, -0.25) is 9.69 Å². The number of rotatable bonds is 3. The molecule has 0 spiro atoms. The molecule has 1 amide bonds. The molecule has 1 aromatic heterocycles. The molecule has 2 aromatic carbocycles. The largest absolute Gasteiger partial charge is 0.361 e. The van der Waals surface area contributed by atoms with Gasteiger partial charge in [0.05, 0.1) is 0 Å². The van der Waals surface area contributed by atoms with Crippen LogP contribution in [-0.4, -0.2) is 52.4 Å². The molecule has 4 nitrogen and oxygen atoms in total. The third-order valence-electron chi connectivity index (χ3n) is 6.49. The number of carbonyl (C=O) groups is 1. The van der Waals surface area contributed by atoms with Gasteiger partial charge in [0.1, 0.15) is 0 Å². The Kier molecular flexibility index (Phi) is 4.44. The van der Waals surface area contributed by atoms with Crippen LogP contribution >= 0.6 is 0 Å². The fourth-order valence-electron chi connectivity index (χ4n) is 4.83. The maximum Gasteiger partial charge on any atom is 0.253 e. The van der Waals surface area contributed by atoms with Crippen molar-refractivity contribution in [1.29, 1.82) is 0 Å². The van der Waals surface area contributed by atoms with E-state index in [4.69, 9.17) is 0 Å². The van der Waals surface area contributed by atoms with Crippen molar-refractivity contribution >= 4 is 16.8 Å². The Balaban J connectivity index is 1.33. The van der Waals surface area contributed by atoms with E-state index in [1.165, 1.54) is 31.2 Å². The van der Waals surface area contributed by atoms with Gasteiger partial charge < -0.3 is 9.88 Å². The van der Waals surface area contributed by atoms with Crippen molar-refractivity contribution in [3.63, 3.8) is 0 Å². The summed E-state index contributed by atoms with van der Waals surface area (Å²) < 4.78 is 0. The fraction of sp³-hybridized carbons (Fsp3) is 0.375. The molecule has 2 saturated heterocycles. The first-order valence-corrected chi connectivity index (χ1v) is 10.4. The summed E-state index contributed by atoms with van der Waals surface area (Å²) in [5, 5.41) is 1.19. The number of nitrogens with one attached hydrogen (secondary N) is 1. The monoisotopic (exact) mass is 373 g/mol. The van der Waals surface area contributed by atoms with Crippen LogP contribution in [0.4, 0.5) is 0 Å². The first-order valence-electron chi connectivity index (χ1n) is 10.4. The number of aromatic nitrogens is 1. The molecule has 1 N–H and O–H groups in total. The number of aromatic amines is 1. The summed E-state index contributed by atoms with van der Waals surface area (Å²) in [4.78, 5) is 20.9. The van der Waals surface area contributed by atoms with E-state index in [2.05, 4.69) is 47.1 Å². The van der Waals surface area contributed by atoms with E-state index in [0.29, 0.717) is 12.1 Å². The van der Waals surface area contributed by atoms with E-state index < -0.39 is 0 Å². The van der Waals surface area contributed by atoms with Crippen LogP contribution in [-0.2, 0) is 0 Å². The lowest BCUT2D eigenvalue weighted by Crippen LogP contribution is -2.63. The lowest BCUT2D eigenvalue weighted by Gasteiger charge is -2.49. The Morgan fingerprint density at radius 3 is 2.79 bits per heavy atom. The van der Waals surface area contributed by atoms with E-state index in [-0.39, 0.29) is 5.91 Å². The lowest BCUT2D eigenvalue weighted by atomic mass is 9.96. The number of hydrogen-bond acceptors (Lipinski definition) is 2. The Hall–Kier alpha value is -2.59. The highest BCUT2D eigenvalue weighted by Gasteiger charge is 2.37. The van der Waals surface area contributed by atoms with Crippen LogP contribution in [0.15, 0.2) is 54.7 Å². The minimum Gasteiger partial charge on any atom is -0.361 e. The van der Waals surface area contributed by atoms with Crippen LogP contribution in [0.5, 0.6) is 0 Å². The van der Waals surface area contributed by atoms with Crippen LogP contribution < -0.4 is 0 Å². The molecule has 144 valence electrons. The van der Waals surface area contributed by atoms with Crippen LogP contribution in [0.3, 0.4) is 0 Å². The molecule has 3 aromatic rings. The molecule has 0 saturated carbocycles. The second-order valence-corrected chi connectivity index (χ2v) is 8.27. The maximum atomic E-state index is 13.0. The minimum absolute atomic E-state index is 0.156. The smallest absolute Gasteiger partial charge is 0.253 e. The maximum absolute atomic E-state index is 13.0. The van der Waals surface area contributed by atoms with Gasteiger partial charge in [-0.25, -0.2) is 0 Å². The highest BCUT2D eigenvalue weighted by atomic mass is 16.2. The number of amides is 1. The highest BCUT2D eigenvalue weighted by Crippen LogP contribution is 2.30. The Morgan fingerprint density at radius 1 is 1.07 bits per heavy atom. The van der Waals surface area contributed by atoms with Crippen molar-refractivity contribution in [3.05, 3.63) is 60.3 Å². The third kappa shape index (κ3) is 3.02. The quantitative estimate of drug-likeness (QED) is 0.732. The fourth-order valence-corrected chi connectivity index (χ4v) is 4.83. The second-order valence-electron chi connectivity index (χ2n) is 8.27. The average Bonchev–Trinajstić information content (AvgIpc) is 3.17. The van der Waals surface area contributed by atoms with Gasteiger partial charge in [-0.15, -0.1) is 0 Å². The number of carbonyl (C=O) groups excluding carboxylic acids is 1. The van der Waals surface area contributed by atoms with Crippen LogP contribution in [0, 0.1) is 0 Å². The molecule has 0 bridgehead atoms. The molecule has 5 rings (SSSR count). The Labute approximate surface area is 166 Å². The molecular weight excluding hydrogens is 346 g/mol. The summed E-state index contributed by atoms with van der Waals surface area (Å²) in [6.07, 6.45) is 5.89. The molecule has 4 heteroatoms. The van der Waals surface area contributed by atoms with Crippen molar-refractivity contribution in [2.45, 2.75) is 38.3 Å². The van der Waals surface area contributed by atoms with Gasteiger partial charge in [0.2, 0.25) is 0 Å². The SMILES string of the molecule is C[C@@H]1CCCCN1C1CN(C(=O)c2cccc(-c3cccc4[nH]ccc34)c2)C1. The molecular formula is C24H27N3O. The zero-order valence-electron chi connectivity index (χ0n) is 16.4. The van der Waals surface area contributed by atoms with Gasteiger partial charge in [-0.05, 0) is 61.7 Å². The zero-order chi connectivity index (χ0) is 19.1. The number of hydrogen-bond donors (Lipinski definition) is 1.